The number of thioether (sulfide) groups is 1. The van der Waals surface area contributed by atoms with Crippen molar-refractivity contribution >= 4 is 79.4 Å². The molecule has 1 aromatic carbocycles. The fraction of sp³-hybridized carbons (Fsp3) is 0.644. The summed E-state index contributed by atoms with van der Waals surface area (Å²) in [5.74, 6) is -4.56. The summed E-state index contributed by atoms with van der Waals surface area (Å²) >= 11 is 1.88. The number of carbonyl (C=O) groups excluding carboxylic acids is 8. The number of allylic oxidation sites excluding steroid dienone is 1. The molecule has 3 aliphatic carbocycles. The molecule has 2 saturated heterocycles. The van der Waals surface area contributed by atoms with Crippen molar-refractivity contribution in [2.45, 2.75) is 151 Å². The monoisotopic (exact) mass is 1160 g/mol. The van der Waals surface area contributed by atoms with E-state index in [1.54, 1.807) is 12.3 Å². The second-order valence-corrected chi connectivity index (χ2v) is 25.6. The molecule has 20 nitrogen and oxygen atoms in total. The number of ether oxygens (including phenoxy) is 4. The van der Waals surface area contributed by atoms with Gasteiger partial charge in [0.25, 0.3) is 0 Å². The number of carbonyl (C=O) groups is 8. The van der Waals surface area contributed by atoms with Gasteiger partial charge in [-0.3, -0.25) is 38.3 Å². The van der Waals surface area contributed by atoms with Crippen molar-refractivity contribution < 1.29 is 65.7 Å². The number of aromatic nitrogens is 1. The average Bonchev–Trinajstić information content (AvgIpc) is 3.16. The first-order chi connectivity index (χ1) is 39.0. The molecule has 2 aliphatic heterocycles. The van der Waals surface area contributed by atoms with E-state index in [-0.39, 0.29) is 93.5 Å². The van der Waals surface area contributed by atoms with E-state index in [2.05, 4.69) is 44.1 Å². The van der Waals surface area contributed by atoms with Crippen LogP contribution in [0.15, 0.2) is 55.8 Å². The number of fused-ring (bicyclic) bond motifs is 2. The van der Waals surface area contributed by atoms with Gasteiger partial charge >= 0.3 is 6.03 Å². The minimum Gasteiger partial charge on any atom is -0.474 e. The number of unbranched alkanes of at least 4 members (excludes halogenated alkanes) is 2. The van der Waals surface area contributed by atoms with Gasteiger partial charge in [0.2, 0.25) is 33.6 Å². The number of hydrogen-bond acceptors (Lipinski definition) is 16. The minimum atomic E-state index is -3.91. The molecule has 81 heavy (non-hydrogen) atoms. The lowest BCUT2D eigenvalue weighted by Crippen LogP contribution is -2.42. The third kappa shape index (κ3) is 18.7. The summed E-state index contributed by atoms with van der Waals surface area (Å²) in [6.45, 7) is 12.3. The maximum atomic E-state index is 14.8. The summed E-state index contributed by atoms with van der Waals surface area (Å²) in [6, 6.07) is 7.99. The predicted octanol–water partition coefficient (Wildman–Crippen LogP) is 5.72. The zero-order valence-electron chi connectivity index (χ0n) is 46.7. The summed E-state index contributed by atoms with van der Waals surface area (Å²) < 4.78 is 51.3. The van der Waals surface area contributed by atoms with E-state index < -0.39 is 73.8 Å². The largest absolute Gasteiger partial charge is 0.474 e. The number of sulfonamides is 1. The second kappa shape index (κ2) is 30.7. The van der Waals surface area contributed by atoms with Crippen LogP contribution in [0.2, 0.25) is 0 Å². The van der Waals surface area contributed by atoms with Gasteiger partial charge in [0.1, 0.15) is 29.2 Å². The second-order valence-electron chi connectivity index (χ2n) is 22.3. The zero-order chi connectivity index (χ0) is 57.9. The van der Waals surface area contributed by atoms with Gasteiger partial charge in [-0.25, -0.2) is 18.2 Å². The third-order valence-corrected chi connectivity index (χ3v) is 19.4. The van der Waals surface area contributed by atoms with Crippen molar-refractivity contribution in [2.24, 2.45) is 29.1 Å². The lowest BCUT2D eigenvalue weighted by atomic mass is 9.78. The molecule has 444 valence electrons. The Morgan fingerprint density at radius 3 is 2.27 bits per heavy atom. The highest BCUT2D eigenvalue weighted by atomic mass is 32.2. The number of nitrogens with one attached hydrogen (secondary N) is 5. The lowest BCUT2D eigenvalue weighted by molar-refractivity contribution is -0.137. The van der Waals surface area contributed by atoms with Gasteiger partial charge in [0.15, 0.2) is 0 Å². The normalized spacial score (nSPS) is 24.1. The molecule has 1 aromatic heterocycles. The van der Waals surface area contributed by atoms with Crippen LogP contribution in [0.4, 0.5) is 4.79 Å². The molecule has 0 bridgehead atoms. The van der Waals surface area contributed by atoms with E-state index in [4.69, 9.17) is 18.9 Å². The van der Waals surface area contributed by atoms with E-state index in [1.807, 2.05) is 43.0 Å². The van der Waals surface area contributed by atoms with Crippen LogP contribution in [0, 0.1) is 36.0 Å². The highest BCUT2D eigenvalue weighted by Crippen LogP contribution is 2.57. The molecule has 0 spiro atoms. The van der Waals surface area contributed by atoms with Gasteiger partial charge in [-0.05, 0) is 107 Å². The molecule has 22 heteroatoms. The molecule has 5 fully saturated rings. The Bertz CT molecular complexity index is 2700. The molecule has 1 unspecified atom stereocenters. The number of hydrogen-bond donors (Lipinski definition) is 5. The molecule has 2 aromatic rings. The van der Waals surface area contributed by atoms with Crippen LogP contribution in [0.1, 0.15) is 121 Å². The Labute approximate surface area is 480 Å². The summed E-state index contributed by atoms with van der Waals surface area (Å²) in [7, 11) is -3.91. The van der Waals surface area contributed by atoms with Crippen LogP contribution in [-0.2, 0) is 57.8 Å². The maximum absolute atomic E-state index is 14.8. The number of urea groups is 1. The average molecular weight is 1160 g/mol. The quantitative estimate of drug-likeness (QED) is 0.0231. The van der Waals surface area contributed by atoms with Crippen LogP contribution >= 0.6 is 11.8 Å². The molecule has 3 heterocycles. The summed E-state index contributed by atoms with van der Waals surface area (Å²) in [5.41, 5.74) is -0.313. The summed E-state index contributed by atoms with van der Waals surface area (Å²) in [5, 5.41) is 12.9. The van der Waals surface area contributed by atoms with E-state index in [0.29, 0.717) is 102 Å². The van der Waals surface area contributed by atoms with E-state index in [0.717, 1.165) is 47.4 Å². The fourth-order valence-electron chi connectivity index (χ4n) is 11.3. The number of nitrogens with zero attached hydrogens (tertiary/aromatic N) is 1. The molecule has 5 N–H and O–H groups in total. The van der Waals surface area contributed by atoms with Gasteiger partial charge in [-0.2, -0.15) is 11.8 Å². The number of pyridine rings is 1. The van der Waals surface area contributed by atoms with Gasteiger partial charge in [-0.1, -0.05) is 36.8 Å². The Hall–Kier alpha value is -5.55. The molecular weight excluding hydrogens is 1080 g/mol. The van der Waals surface area contributed by atoms with Crippen molar-refractivity contribution in [3.8, 4) is 5.88 Å². The molecule has 3 saturated carbocycles. The Morgan fingerprint density at radius 2 is 1.54 bits per heavy atom. The minimum absolute atomic E-state index is 0.00252. The number of amides is 5. The smallest absolute Gasteiger partial charge is 0.315 e. The fourth-order valence-corrected chi connectivity index (χ4v) is 14.2. The first kappa shape index (κ1) is 63.0. The molecule has 5 amide bonds. The Morgan fingerprint density at radius 1 is 0.840 bits per heavy atom. The van der Waals surface area contributed by atoms with E-state index >= 15 is 0 Å². The van der Waals surface area contributed by atoms with E-state index in [1.165, 1.54) is 0 Å². The number of benzene rings is 1. The molecule has 7 rings (SSSR count). The van der Waals surface area contributed by atoms with Crippen molar-refractivity contribution in [1.29, 1.82) is 0 Å². The summed E-state index contributed by atoms with van der Waals surface area (Å²) in [6.07, 6.45) is 10.3. The molecule has 0 radical (unpaired) electrons. The highest BCUT2D eigenvalue weighted by Gasteiger charge is 2.61. The number of rotatable bonds is 40. The van der Waals surface area contributed by atoms with Crippen LogP contribution in [0.5, 0.6) is 5.88 Å². The van der Waals surface area contributed by atoms with Gasteiger partial charge in [0.05, 0.1) is 49.2 Å². The van der Waals surface area contributed by atoms with E-state index in [9.17, 15) is 46.8 Å². The van der Waals surface area contributed by atoms with Crippen molar-refractivity contribution in [1.82, 2.24) is 31.0 Å². The van der Waals surface area contributed by atoms with Crippen LogP contribution in [0.3, 0.4) is 0 Å². The van der Waals surface area contributed by atoms with Gasteiger partial charge in [-0.15, -0.1) is 6.58 Å². The number of ketones is 4. The van der Waals surface area contributed by atoms with Crippen molar-refractivity contribution in [2.75, 3.05) is 58.5 Å². The topological polar surface area (TPSA) is 281 Å². The van der Waals surface area contributed by atoms with Gasteiger partial charge in [0, 0.05) is 105 Å². The first-order valence-corrected chi connectivity index (χ1v) is 31.5. The lowest BCUT2D eigenvalue weighted by Gasteiger charge is -2.24. The molecular formula is C59H82N6O14S2. The van der Waals surface area contributed by atoms with Crippen LogP contribution in [0.25, 0.3) is 10.8 Å². The van der Waals surface area contributed by atoms with Crippen LogP contribution in [-0.4, -0.2) is 147 Å². The Kier molecular flexibility index (Phi) is 23.9. The third-order valence-electron chi connectivity index (χ3n) is 16.1. The van der Waals surface area contributed by atoms with Gasteiger partial charge < -0.3 is 40.2 Å². The van der Waals surface area contributed by atoms with Crippen molar-refractivity contribution in [3.63, 3.8) is 0 Å². The SMILES string of the molecule is C=CC(=O)NC[C@H](CC(=O)CCCC(=O)CCCCOCCOCCOCCCNC(=O)CCCC[C@@H]1SC[C@@H]2NC(=O)N[C@@H]21)C(=O)C1C[C@H](Oc2nccc3cc(C)ccc23)C[C@H]1C(=O)C[C@]1(C(=O)NS(=O)(=O)C2CC2)C[C@@H]1C=C. The molecule has 5 aliphatic rings. The maximum Gasteiger partial charge on any atom is 0.315 e. The van der Waals surface area contributed by atoms with Crippen molar-refractivity contribution in [3.05, 3.63) is 61.3 Å². The molecule has 9 atom stereocenters. The Balaban J connectivity index is 0.784. The highest BCUT2D eigenvalue weighted by molar-refractivity contribution is 8.00. The standard InChI is InChI=1S/C59H82N6O14S2/c1-4-41-34-59(41,57(72)65-81(74,75)45-18-19-45)35-50(68)47-32-44(79-56-46-20-17-38(3)30-39(46)21-23-61-56)33-48(47)55(71)40(36-62-52(69)5-2)31-43(67)14-10-13-42(66)12-8-9-24-76-26-28-78-29-27-77-25-11-22-60-53(70)16-7-6-15-51-54-49(37-80-51)63-58(73)64-54/h4-5,17,20-21,23,30,40-41,44-45,47-49,51,54H,1-2,6-16,18-19,22,24-29,31-37H2,3H3,(H,60,70)(H,62,69)(H,65,72)(H2,63,64,73)/t40-,41-,44+,47+,48?,49-,51-,54-,59+/m0/s1. The number of Topliss-reactive ketones (excluding diaryl/α,β-unsaturated/α-hetero) is 4. The zero-order valence-corrected chi connectivity index (χ0v) is 48.4. The van der Waals surface area contributed by atoms with Crippen LogP contribution < -0.4 is 30.7 Å². The predicted molar refractivity (Wildman–Crippen MR) is 306 cm³/mol. The summed E-state index contributed by atoms with van der Waals surface area (Å²) in [4.78, 5) is 110. The first-order valence-electron chi connectivity index (χ1n) is 28.9. The number of aryl methyl sites for hydroxylation is 1.